The number of aromatic nitrogens is 3. The summed E-state index contributed by atoms with van der Waals surface area (Å²) in [4.78, 5) is 37.6. The number of rotatable bonds is 5. The van der Waals surface area contributed by atoms with Gasteiger partial charge in [-0.1, -0.05) is 44.9 Å². The number of aromatic amines is 1. The Morgan fingerprint density at radius 3 is 2.03 bits per heavy atom. The predicted octanol–water partition coefficient (Wildman–Crippen LogP) is 6.05. The molecule has 2 aliphatic carbocycles. The quantitative estimate of drug-likeness (QED) is 0.404. The number of benzene rings is 1. The summed E-state index contributed by atoms with van der Waals surface area (Å²) in [6, 6.07) is 9.58. The Labute approximate surface area is 200 Å². The number of pyridine rings is 1. The Bertz CT molecular complexity index is 1140. The Kier molecular flexibility index (Phi) is 6.88. The van der Waals surface area contributed by atoms with Gasteiger partial charge < -0.3 is 15.6 Å². The first kappa shape index (κ1) is 22.6. The fraction of sp³-hybridized carbons (Fsp3) is 0.481. The van der Waals surface area contributed by atoms with E-state index in [1.165, 1.54) is 19.3 Å². The van der Waals surface area contributed by atoms with Crippen molar-refractivity contribution in [3.63, 3.8) is 0 Å². The molecule has 0 bridgehead atoms. The zero-order valence-corrected chi connectivity index (χ0v) is 19.6. The lowest BCUT2D eigenvalue weighted by molar-refractivity contribution is -0.121. The van der Waals surface area contributed by atoms with Crippen molar-refractivity contribution in [1.29, 1.82) is 0 Å². The van der Waals surface area contributed by atoms with Gasteiger partial charge in [0, 0.05) is 29.2 Å². The smallest absolute Gasteiger partial charge is 0.228 e. The highest BCUT2D eigenvalue weighted by Crippen LogP contribution is 2.27. The van der Waals surface area contributed by atoms with Crippen molar-refractivity contribution >= 4 is 34.4 Å². The molecule has 7 nitrogen and oxygen atoms in total. The molecule has 5 rings (SSSR count). The molecule has 3 aromatic rings. The van der Waals surface area contributed by atoms with Crippen LogP contribution in [0.4, 0.5) is 11.5 Å². The molecule has 0 aliphatic heterocycles. The molecule has 2 saturated carbocycles. The molecule has 7 heteroatoms. The molecule has 0 unspecified atom stereocenters. The number of carbonyl (C=O) groups excluding carboxylic acids is 2. The highest BCUT2D eigenvalue weighted by Gasteiger charge is 2.22. The minimum atomic E-state index is 0.0591. The second-order valence-electron chi connectivity index (χ2n) is 9.75. The summed E-state index contributed by atoms with van der Waals surface area (Å²) in [5.41, 5.74) is 3.31. The van der Waals surface area contributed by atoms with Gasteiger partial charge in [-0.15, -0.1) is 0 Å². The van der Waals surface area contributed by atoms with Gasteiger partial charge in [-0.3, -0.25) is 9.59 Å². The van der Waals surface area contributed by atoms with Crippen molar-refractivity contribution in [2.45, 2.75) is 70.6 Å². The average Bonchev–Trinajstić information content (AvgIpc) is 3.09. The minimum Gasteiger partial charge on any atom is -0.337 e. The fourth-order valence-electron chi connectivity index (χ4n) is 5.20. The molecular weight excluding hydrogens is 426 g/mol. The molecule has 2 amide bonds. The van der Waals surface area contributed by atoms with Crippen LogP contribution in [-0.4, -0.2) is 26.8 Å². The van der Waals surface area contributed by atoms with Crippen LogP contribution in [0, 0.1) is 11.8 Å². The number of anilines is 2. The number of imidazole rings is 1. The molecular formula is C27H33N5O2. The maximum Gasteiger partial charge on any atom is 0.228 e. The number of hydrogen-bond acceptors (Lipinski definition) is 4. The molecule has 2 fully saturated rings. The zero-order valence-electron chi connectivity index (χ0n) is 19.6. The van der Waals surface area contributed by atoms with Crippen molar-refractivity contribution in [2.24, 2.45) is 11.8 Å². The molecule has 3 N–H and O–H groups in total. The minimum absolute atomic E-state index is 0.0591. The summed E-state index contributed by atoms with van der Waals surface area (Å²) in [5, 5.41) is 6.04. The molecule has 0 atom stereocenters. The van der Waals surface area contributed by atoms with E-state index in [2.05, 4.69) is 20.6 Å². The fourth-order valence-corrected chi connectivity index (χ4v) is 5.20. The molecule has 178 valence electrons. The normalized spacial score (nSPS) is 17.9. The van der Waals surface area contributed by atoms with Crippen LogP contribution < -0.4 is 10.6 Å². The number of fused-ring (bicyclic) bond motifs is 1. The lowest BCUT2D eigenvalue weighted by Crippen LogP contribution is -2.25. The molecule has 2 heterocycles. The number of H-pyrrole nitrogens is 1. The van der Waals surface area contributed by atoms with Crippen LogP contribution in [0.5, 0.6) is 0 Å². The van der Waals surface area contributed by atoms with Gasteiger partial charge in [-0.25, -0.2) is 9.97 Å². The zero-order chi connectivity index (χ0) is 23.3. The highest BCUT2D eigenvalue weighted by molar-refractivity contribution is 5.94. The summed E-state index contributed by atoms with van der Waals surface area (Å²) in [5.74, 6) is 1.67. The SMILES string of the molecule is O=C(Nc1ccc(-c2nc3cc(NC(=O)C4CCCCC4)ncc3[nH]2)cc1)C1CCCCCC1. The molecule has 0 spiro atoms. The summed E-state index contributed by atoms with van der Waals surface area (Å²) in [7, 11) is 0. The van der Waals surface area contributed by atoms with E-state index in [1.54, 1.807) is 6.20 Å². The maximum absolute atomic E-state index is 12.6. The van der Waals surface area contributed by atoms with Crippen LogP contribution in [0.3, 0.4) is 0 Å². The van der Waals surface area contributed by atoms with Crippen molar-refractivity contribution in [1.82, 2.24) is 15.0 Å². The van der Waals surface area contributed by atoms with Crippen LogP contribution in [0.1, 0.15) is 70.6 Å². The largest absolute Gasteiger partial charge is 0.337 e. The Morgan fingerprint density at radius 2 is 1.38 bits per heavy atom. The van der Waals surface area contributed by atoms with E-state index >= 15 is 0 Å². The monoisotopic (exact) mass is 459 g/mol. The lowest BCUT2D eigenvalue weighted by Gasteiger charge is -2.20. The molecule has 2 aromatic heterocycles. The topological polar surface area (TPSA) is 99.8 Å². The summed E-state index contributed by atoms with van der Waals surface area (Å²) >= 11 is 0. The number of nitrogens with one attached hydrogen (secondary N) is 3. The van der Waals surface area contributed by atoms with Gasteiger partial charge in [0.15, 0.2) is 0 Å². The summed E-state index contributed by atoms with van der Waals surface area (Å²) in [6.07, 6.45) is 13.8. The third kappa shape index (κ3) is 5.29. The van der Waals surface area contributed by atoms with E-state index in [1.807, 2.05) is 30.3 Å². The van der Waals surface area contributed by atoms with Gasteiger partial charge in [-0.05, 0) is 49.9 Å². The number of amides is 2. The predicted molar refractivity (Wildman–Crippen MR) is 134 cm³/mol. The first-order valence-electron chi connectivity index (χ1n) is 12.7. The van der Waals surface area contributed by atoms with Crippen LogP contribution in [0.25, 0.3) is 22.4 Å². The van der Waals surface area contributed by atoms with Crippen molar-refractivity contribution < 1.29 is 9.59 Å². The van der Waals surface area contributed by atoms with Crippen LogP contribution in [-0.2, 0) is 9.59 Å². The van der Waals surface area contributed by atoms with Gasteiger partial charge in [0.1, 0.15) is 11.6 Å². The molecule has 1 aromatic carbocycles. The average molecular weight is 460 g/mol. The van der Waals surface area contributed by atoms with Crippen LogP contribution in [0.2, 0.25) is 0 Å². The molecule has 2 aliphatic rings. The van der Waals surface area contributed by atoms with E-state index in [9.17, 15) is 9.59 Å². The summed E-state index contributed by atoms with van der Waals surface area (Å²) < 4.78 is 0. The lowest BCUT2D eigenvalue weighted by atomic mass is 9.89. The van der Waals surface area contributed by atoms with Crippen molar-refractivity contribution in [2.75, 3.05) is 10.6 Å². The number of nitrogens with zero attached hydrogens (tertiary/aromatic N) is 2. The van der Waals surface area contributed by atoms with Gasteiger partial charge >= 0.3 is 0 Å². The number of hydrogen-bond donors (Lipinski definition) is 3. The van der Waals surface area contributed by atoms with E-state index in [0.29, 0.717) is 5.82 Å². The first-order chi connectivity index (χ1) is 16.7. The Balaban J connectivity index is 1.24. The van der Waals surface area contributed by atoms with E-state index < -0.39 is 0 Å². The van der Waals surface area contributed by atoms with E-state index in [4.69, 9.17) is 4.98 Å². The second-order valence-corrected chi connectivity index (χ2v) is 9.75. The molecule has 34 heavy (non-hydrogen) atoms. The first-order valence-corrected chi connectivity index (χ1v) is 12.7. The van der Waals surface area contributed by atoms with E-state index in [0.717, 1.165) is 79.5 Å². The van der Waals surface area contributed by atoms with Crippen LogP contribution in [0.15, 0.2) is 36.5 Å². The third-order valence-corrected chi connectivity index (χ3v) is 7.25. The highest BCUT2D eigenvalue weighted by atomic mass is 16.2. The van der Waals surface area contributed by atoms with Gasteiger partial charge in [0.2, 0.25) is 11.8 Å². The van der Waals surface area contributed by atoms with Crippen LogP contribution >= 0.6 is 0 Å². The Hall–Kier alpha value is -3.22. The van der Waals surface area contributed by atoms with Crippen molar-refractivity contribution in [3.8, 4) is 11.4 Å². The Morgan fingerprint density at radius 1 is 0.794 bits per heavy atom. The van der Waals surface area contributed by atoms with Gasteiger partial charge in [0.25, 0.3) is 0 Å². The van der Waals surface area contributed by atoms with E-state index in [-0.39, 0.29) is 23.7 Å². The third-order valence-electron chi connectivity index (χ3n) is 7.25. The molecule has 0 saturated heterocycles. The standard InChI is InChI=1S/C27H33N5O2/c33-26(19-8-4-1-2-5-9-19)29-21-14-12-18(13-15-21)25-30-22-16-24(28-17-23(22)31-25)32-27(34)20-10-6-3-7-11-20/h12-17,19-20H,1-11H2,(H,29,33)(H,30,31)(H,28,32,34). The maximum atomic E-state index is 12.6. The molecule has 0 radical (unpaired) electrons. The van der Waals surface area contributed by atoms with Gasteiger partial charge in [-0.2, -0.15) is 0 Å². The van der Waals surface area contributed by atoms with Gasteiger partial charge in [0.05, 0.1) is 17.2 Å². The second kappa shape index (κ2) is 10.4. The summed E-state index contributed by atoms with van der Waals surface area (Å²) in [6.45, 7) is 0. The number of carbonyl (C=O) groups is 2. The van der Waals surface area contributed by atoms with Crippen molar-refractivity contribution in [3.05, 3.63) is 36.5 Å².